The van der Waals surface area contributed by atoms with Gasteiger partial charge < -0.3 is 0 Å². The van der Waals surface area contributed by atoms with Crippen LogP contribution in [0.25, 0.3) is 0 Å². The van der Waals surface area contributed by atoms with Crippen molar-refractivity contribution in [3.8, 4) is 6.07 Å². The van der Waals surface area contributed by atoms with Gasteiger partial charge in [-0.3, -0.25) is 10.1 Å². The fourth-order valence-corrected chi connectivity index (χ4v) is 2.34. The van der Waals surface area contributed by atoms with E-state index in [2.05, 4.69) is 0 Å². The topological polar surface area (TPSA) is 66.9 Å². The van der Waals surface area contributed by atoms with Gasteiger partial charge >= 0.3 is 0 Å². The molecule has 0 aliphatic rings. The lowest BCUT2D eigenvalue weighted by Gasteiger charge is -2.02. The van der Waals surface area contributed by atoms with Gasteiger partial charge in [-0.2, -0.15) is 5.26 Å². The van der Waals surface area contributed by atoms with Crippen LogP contribution in [0.4, 0.5) is 5.69 Å². The lowest BCUT2D eigenvalue weighted by atomic mass is 10.2. The predicted molar refractivity (Wildman–Crippen MR) is 68.4 cm³/mol. The van der Waals surface area contributed by atoms with Crippen LogP contribution < -0.4 is 0 Å². The van der Waals surface area contributed by atoms with Gasteiger partial charge in [0.25, 0.3) is 5.69 Å². The van der Waals surface area contributed by atoms with Crippen LogP contribution >= 0.6 is 11.8 Å². The summed E-state index contributed by atoms with van der Waals surface area (Å²) < 4.78 is 0. The first-order valence-corrected chi connectivity index (χ1v) is 5.94. The summed E-state index contributed by atoms with van der Waals surface area (Å²) >= 11 is 1.31. The van der Waals surface area contributed by atoms with Crippen LogP contribution in [0.1, 0.15) is 5.56 Å². The summed E-state index contributed by atoms with van der Waals surface area (Å²) in [7, 11) is 0. The first-order chi connectivity index (χ1) is 8.70. The van der Waals surface area contributed by atoms with E-state index in [1.54, 1.807) is 42.5 Å². The second-order valence-corrected chi connectivity index (χ2v) is 4.58. The van der Waals surface area contributed by atoms with Gasteiger partial charge in [0.05, 0.1) is 21.5 Å². The van der Waals surface area contributed by atoms with Crippen molar-refractivity contribution in [3.63, 3.8) is 0 Å². The Morgan fingerprint density at radius 3 is 2.39 bits per heavy atom. The second kappa shape index (κ2) is 5.34. The monoisotopic (exact) mass is 256 g/mol. The third kappa shape index (κ3) is 2.67. The number of nitriles is 1. The summed E-state index contributed by atoms with van der Waals surface area (Å²) in [6.45, 7) is 0. The summed E-state index contributed by atoms with van der Waals surface area (Å²) in [5.74, 6) is 0. The standard InChI is InChI=1S/C13H8N2O2S/c14-9-10-5-7-11(8-6-10)18-13-4-2-1-3-12(13)15(16)17/h1-8H. The molecule has 0 radical (unpaired) electrons. The molecule has 2 aromatic carbocycles. The molecule has 2 aromatic rings. The summed E-state index contributed by atoms with van der Waals surface area (Å²) in [5, 5.41) is 19.6. The molecule has 4 nitrogen and oxygen atoms in total. The van der Waals surface area contributed by atoms with Crippen LogP contribution in [-0.2, 0) is 0 Å². The Hall–Kier alpha value is -2.32. The van der Waals surface area contributed by atoms with E-state index in [9.17, 15) is 10.1 Å². The number of benzene rings is 2. The van der Waals surface area contributed by atoms with Crippen molar-refractivity contribution in [2.24, 2.45) is 0 Å². The molecule has 0 fully saturated rings. The van der Waals surface area contributed by atoms with Gasteiger partial charge in [-0.15, -0.1) is 0 Å². The molecule has 0 aromatic heterocycles. The average molecular weight is 256 g/mol. The van der Waals surface area contributed by atoms with Crippen molar-refractivity contribution in [1.29, 1.82) is 5.26 Å². The first-order valence-electron chi connectivity index (χ1n) is 5.12. The molecule has 0 aliphatic heterocycles. The van der Waals surface area contributed by atoms with Crippen molar-refractivity contribution < 1.29 is 4.92 Å². The zero-order valence-electron chi connectivity index (χ0n) is 9.24. The smallest absolute Gasteiger partial charge is 0.258 e. The Bertz CT molecular complexity index is 618. The Balaban J connectivity index is 2.28. The number of rotatable bonds is 3. The normalized spacial score (nSPS) is 9.72. The third-order valence-electron chi connectivity index (χ3n) is 2.27. The molecule has 0 amide bonds. The van der Waals surface area contributed by atoms with E-state index in [1.807, 2.05) is 6.07 Å². The molecule has 5 heteroatoms. The van der Waals surface area contributed by atoms with E-state index in [0.29, 0.717) is 10.5 Å². The SMILES string of the molecule is N#Cc1ccc(Sc2ccccc2[N+](=O)[O-])cc1. The van der Waals surface area contributed by atoms with Crippen molar-refractivity contribution in [2.45, 2.75) is 9.79 Å². The molecule has 0 spiro atoms. The number of hydrogen-bond donors (Lipinski definition) is 0. The predicted octanol–water partition coefficient (Wildman–Crippen LogP) is 3.62. The summed E-state index contributed by atoms with van der Waals surface area (Å²) in [6.07, 6.45) is 0. The number of para-hydroxylation sites is 1. The van der Waals surface area contributed by atoms with Gasteiger partial charge in [-0.05, 0) is 30.3 Å². The van der Waals surface area contributed by atoms with Crippen LogP contribution in [0.15, 0.2) is 58.3 Å². The molecular weight excluding hydrogens is 248 g/mol. The highest BCUT2D eigenvalue weighted by Gasteiger charge is 2.13. The number of hydrogen-bond acceptors (Lipinski definition) is 4. The fourth-order valence-electron chi connectivity index (χ4n) is 1.42. The lowest BCUT2D eigenvalue weighted by Crippen LogP contribution is -1.89. The molecule has 0 heterocycles. The Morgan fingerprint density at radius 2 is 1.78 bits per heavy atom. The minimum Gasteiger partial charge on any atom is -0.258 e. The number of nitro benzene ring substituents is 1. The van der Waals surface area contributed by atoms with Crippen LogP contribution in [-0.4, -0.2) is 4.92 Å². The molecule has 0 atom stereocenters. The van der Waals surface area contributed by atoms with Crippen molar-refractivity contribution in [2.75, 3.05) is 0 Å². The fraction of sp³-hybridized carbons (Fsp3) is 0. The van der Waals surface area contributed by atoms with E-state index in [0.717, 1.165) is 4.90 Å². The molecule has 0 aliphatic carbocycles. The maximum Gasteiger partial charge on any atom is 0.283 e. The van der Waals surface area contributed by atoms with E-state index < -0.39 is 4.92 Å². The maximum absolute atomic E-state index is 10.9. The minimum atomic E-state index is -0.397. The summed E-state index contributed by atoms with van der Waals surface area (Å²) in [4.78, 5) is 11.9. The molecule has 2 rings (SSSR count). The highest BCUT2D eigenvalue weighted by Crippen LogP contribution is 2.34. The zero-order valence-corrected chi connectivity index (χ0v) is 10.1. The van der Waals surface area contributed by atoms with Gasteiger partial charge in [-0.25, -0.2) is 0 Å². The lowest BCUT2D eigenvalue weighted by molar-refractivity contribution is -0.387. The van der Waals surface area contributed by atoms with E-state index >= 15 is 0 Å². The largest absolute Gasteiger partial charge is 0.283 e. The van der Waals surface area contributed by atoms with Gasteiger partial charge in [0, 0.05) is 11.0 Å². The average Bonchev–Trinajstić information content (AvgIpc) is 2.40. The van der Waals surface area contributed by atoms with E-state index in [4.69, 9.17) is 5.26 Å². The zero-order chi connectivity index (χ0) is 13.0. The van der Waals surface area contributed by atoms with Gasteiger partial charge in [-0.1, -0.05) is 23.9 Å². The highest BCUT2D eigenvalue weighted by atomic mass is 32.2. The molecule has 0 unspecified atom stereocenters. The van der Waals surface area contributed by atoms with Gasteiger partial charge in [0.15, 0.2) is 0 Å². The minimum absolute atomic E-state index is 0.0897. The Labute approximate surface area is 108 Å². The molecule has 0 N–H and O–H groups in total. The molecular formula is C13H8N2O2S. The second-order valence-electron chi connectivity index (χ2n) is 3.46. The van der Waals surface area contributed by atoms with Gasteiger partial charge in [0.1, 0.15) is 0 Å². The van der Waals surface area contributed by atoms with Crippen molar-refractivity contribution in [1.82, 2.24) is 0 Å². The molecule has 0 saturated heterocycles. The Kier molecular flexibility index (Phi) is 3.60. The molecule has 18 heavy (non-hydrogen) atoms. The quantitative estimate of drug-likeness (QED) is 0.621. The molecule has 0 saturated carbocycles. The third-order valence-corrected chi connectivity index (χ3v) is 3.35. The highest BCUT2D eigenvalue weighted by molar-refractivity contribution is 7.99. The van der Waals surface area contributed by atoms with E-state index in [1.165, 1.54) is 17.8 Å². The van der Waals surface area contributed by atoms with Gasteiger partial charge in [0.2, 0.25) is 0 Å². The number of nitrogens with zero attached hydrogens (tertiary/aromatic N) is 2. The van der Waals surface area contributed by atoms with E-state index in [-0.39, 0.29) is 5.69 Å². The molecule has 88 valence electrons. The summed E-state index contributed by atoms with van der Waals surface area (Å²) in [6, 6.07) is 15.6. The number of nitro groups is 1. The summed E-state index contributed by atoms with van der Waals surface area (Å²) in [5.41, 5.74) is 0.661. The van der Waals surface area contributed by atoms with Crippen LogP contribution in [0, 0.1) is 21.4 Å². The first kappa shape index (κ1) is 12.1. The maximum atomic E-state index is 10.9. The van der Waals surface area contributed by atoms with Crippen molar-refractivity contribution >= 4 is 17.4 Å². The van der Waals surface area contributed by atoms with Crippen LogP contribution in [0.3, 0.4) is 0 Å². The van der Waals surface area contributed by atoms with Crippen LogP contribution in [0.2, 0.25) is 0 Å². The molecule has 0 bridgehead atoms. The van der Waals surface area contributed by atoms with Crippen LogP contribution in [0.5, 0.6) is 0 Å². The van der Waals surface area contributed by atoms with Crippen molar-refractivity contribution in [3.05, 3.63) is 64.2 Å². The Morgan fingerprint density at radius 1 is 1.11 bits per heavy atom.